The van der Waals surface area contributed by atoms with Gasteiger partial charge in [-0.1, -0.05) is 6.92 Å². The van der Waals surface area contributed by atoms with Crippen molar-refractivity contribution >= 4 is 11.3 Å². The zero-order chi connectivity index (χ0) is 12.8. The molecule has 0 saturated heterocycles. The van der Waals surface area contributed by atoms with E-state index >= 15 is 0 Å². The van der Waals surface area contributed by atoms with Crippen LogP contribution in [-0.4, -0.2) is 11.5 Å². The van der Waals surface area contributed by atoms with Crippen LogP contribution >= 0.6 is 11.3 Å². The van der Waals surface area contributed by atoms with Gasteiger partial charge in [0.15, 0.2) is 0 Å². The lowest BCUT2D eigenvalue weighted by molar-refractivity contribution is 0.526. The van der Waals surface area contributed by atoms with Gasteiger partial charge < -0.3 is 5.32 Å². The lowest BCUT2D eigenvalue weighted by atomic mass is 9.98. The molecule has 0 aromatic carbocycles. The molecule has 0 fully saturated rings. The Morgan fingerprint density at radius 3 is 2.94 bits per heavy atom. The molecule has 3 heteroatoms. The normalized spacial score (nSPS) is 12.6. The van der Waals surface area contributed by atoms with Crippen LogP contribution in [0.3, 0.4) is 0 Å². The highest BCUT2D eigenvalue weighted by Gasteiger charge is 2.14. The Bertz CT molecular complexity index is 465. The third-order valence-corrected chi connectivity index (χ3v) is 3.85. The van der Waals surface area contributed by atoms with Gasteiger partial charge in [0.05, 0.1) is 0 Å². The number of nitrogens with one attached hydrogen (secondary N) is 1. The first-order valence-corrected chi connectivity index (χ1v) is 7.40. The second-order valence-electron chi connectivity index (χ2n) is 4.57. The molecule has 0 aliphatic rings. The van der Waals surface area contributed by atoms with E-state index in [2.05, 4.69) is 47.0 Å². The third kappa shape index (κ3) is 3.40. The van der Waals surface area contributed by atoms with Crippen LogP contribution in [0.5, 0.6) is 0 Å². The first-order valence-electron chi connectivity index (χ1n) is 6.46. The molecule has 0 spiro atoms. The maximum atomic E-state index is 4.27. The minimum atomic E-state index is 0.369. The lowest BCUT2D eigenvalue weighted by Gasteiger charge is -2.20. The first kappa shape index (κ1) is 13.2. The molecule has 0 saturated carbocycles. The van der Waals surface area contributed by atoms with Crippen LogP contribution in [0, 0.1) is 6.92 Å². The number of pyridine rings is 1. The van der Waals surface area contributed by atoms with Gasteiger partial charge in [0.1, 0.15) is 0 Å². The van der Waals surface area contributed by atoms with Crippen LogP contribution in [0.2, 0.25) is 0 Å². The van der Waals surface area contributed by atoms with Gasteiger partial charge in [0.2, 0.25) is 0 Å². The molecule has 2 aromatic heterocycles. The van der Waals surface area contributed by atoms with E-state index in [0.29, 0.717) is 6.04 Å². The number of thiophene rings is 1. The van der Waals surface area contributed by atoms with E-state index < -0.39 is 0 Å². The Morgan fingerprint density at radius 2 is 2.28 bits per heavy atom. The third-order valence-electron chi connectivity index (χ3n) is 3.12. The largest absolute Gasteiger partial charge is 0.310 e. The number of aromatic nitrogens is 1. The van der Waals surface area contributed by atoms with Gasteiger partial charge in [0, 0.05) is 18.4 Å². The standard InChI is InChI=1S/C15H20N2S/c1-3-6-17-15(9-13-5-8-18-11-13)14-10-16-7-4-12(14)2/h4-5,7-8,10-11,15,17H,3,6,9H2,1-2H3. The van der Waals surface area contributed by atoms with E-state index in [1.165, 1.54) is 16.7 Å². The minimum absolute atomic E-state index is 0.369. The second kappa shape index (κ2) is 6.66. The van der Waals surface area contributed by atoms with Gasteiger partial charge in [-0.15, -0.1) is 0 Å². The van der Waals surface area contributed by atoms with Crippen LogP contribution in [-0.2, 0) is 6.42 Å². The quantitative estimate of drug-likeness (QED) is 0.856. The SMILES string of the molecule is CCCNC(Cc1ccsc1)c1cnccc1C. The molecule has 1 N–H and O–H groups in total. The van der Waals surface area contributed by atoms with Crippen LogP contribution in [0.25, 0.3) is 0 Å². The van der Waals surface area contributed by atoms with E-state index in [1.807, 2.05) is 12.4 Å². The monoisotopic (exact) mass is 260 g/mol. The molecule has 2 nitrogen and oxygen atoms in total. The average molecular weight is 260 g/mol. The molecule has 2 heterocycles. The van der Waals surface area contributed by atoms with E-state index in [1.54, 1.807) is 11.3 Å². The van der Waals surface area contributed by atoms with Crippen LogP contribution < -0.4 is 5.32 Å². The fourth-order valence-electron chi connectivity index (χ4n) is 2.10. The second-order valence-corrected chi connectivity index (χ2v) is 5.35. The van der Waals surface area contributed by atoms with Crippen molar-refractivity contribution in [3.63, 3.8) is 0 Å². The van der Waals surface area contributed by atoms with Gasteiger partial charge in [-0.3, -0.25) is 4.98 Å². The number of aryl methyl sites for hydroxylation is 1. The van der Waals surface area contributed by atoms with Gasteiger partial charge >= 0.3 is 0 Å². The molecule has 18 heavy (non-hydrogen) atoms. The molecule has 96 valence electrons. The average Bonchev–Trinajstić information content (AvgIpc) is 2.88. The number of rotatable bonds is 6. The maximum absolute atomic E-state index is 4.27. The summed E-state index contributed by atoms with van der Waals surface area (Å²) in [5, 5.41) is 8.00. The molecule has 0 radical (unpaired) electrons. The Kier molecular flexibility index (Phi) is 4.90. The molecule has 0 aliphatic heterocycles. The molecule has 2 aromatic rings. The Hall–Kier alpha value is -1.19. The van der Waals surface area contributed by atoms with E-state index in [9.17, 15) is 0 Å². The van der Waals surface area contributed by atoms with Crippen molar-refractivity contribution in [2.75, 3.05) is 6.54 Å². The summed E-state index contributed by atoms with van der Waals surface area (Å²) in [6, 6.07) is 4.66. The van der Waals surface area contributed by atoms with E-state index in [-0.39, 0.29) is 0 Å². The van der Waals surface area contributed by atoms with Crippen molar-refractivity contribution in [2.24, 2.45) is 0 Å². The molecule has 1 atom stereocenters. The van der Waals surface area contributed by atoms with Crippen molar-refractivity contribution in [1.29, 1.82) is 0 Å². The van der Waals surface area contributed by atoms with E-state index in [4.69, 9.17) is 0 Å². The number of hydrogen-bond donors (Lipinski definition) is 1. The summed E-state index contributed by atoms with van der Waals surface area (Å²) in [7, 11) is 0. The molecule has 1 unspecified atom stereocenters. The number of hydrogen-bond acceptors (Lipinski definition) is 3. The highest BCUT2D eigenvalue weighted by Crippen LogP contribution is 2.22. The van der Waals surface area contributed by atoms with Crippen LogP contribution in [0.1, 0.15) is 36.1 Å². The summed E-state index contributed by atoms with van der Waals surface area (Å²) in [5.74, 6) is 0. The van der Waals surface area contributed by atoms with Crippen molar-refractivity contribution < 1.29 is 0 Å². The van der Waals surface area contributed by atoms with Gasteiger partial charge in [-0.05, 0) is 65.9 Å². The zero-order valence-corrected chi connectivity index (χ0v) is 11.8. The summed E-state index contributed by atoms with van der Waals surface area (Å²) >= 11 is 1.76. The smallest absolute Gasteiger partial charge is 0.0379 e. The summed E-state index contributed by atoms with van der Waals surface area (Å²) in [6.07, 6.45) is 6.05. The van der Waals surface area contributed by atoms with Crippen molar-refractivity contribution in [1.82, 2.24) is 10.3 Å². The van der Waals surface area contributed by atoms with Gasteiger partial charge in [-0.25, -0.2) is 0 Å². The predicted molar refractivity (Wildman–Crippen MR) is 78.0 cm³/mol. The predicted octanol–water partition coefficient (Wildman–Crippen LogP) is 3.73. The molecular weight excluding hydrogens is 240 g/mol. The maximum Gasteiger partial charge on any atom is 0.0379 e. The fourth-order valence-corrected chi connectivity index (χ4v) is 2.78. The van der Waals surface area contributed by atoms with Gasteiger partial charge in [-0.2, -0.15) is 11.3 Å². The van der Waals surface area contributed by atoms with Crippen molar-refractivity contribution in [3.05, 3.63) is 52.0 Å². The first-order chi connectivity index (χ1) is 8.81. The highest BCUT2D eigenvalue weighted by molar-refractivity contribution is 7.07. The minimum Gasteiger partial charge on any atom is -0.310 e. The number of nitrogens with zero attached hydrogens (tertiary/aromatic N) is 1. The van der Waals surface area contributed by atoms with E-state index in [0.717, 1.165) is 19.4 Å². The topological polar surface area (TPSA) is 24.9 Å². The highest BCUT2D eigenvalue weighted by atomic mass is 32.1. The summed E-state index contributed by atoms with van der Waals surface area (Å²) < 4.78 is 0. The molecule has 0 bridgehead atoms. The molecule has 2 rings (SSSR count). The lowest BCUT2D eigenvalue weighted by Crippen LogP contribution is -2.24. The summed E-state index contributed by atoms with van der Waals surface area (Å²) in [4.78, 5) is 4.27. The molecule has 0 amide bonds. The zero-order valence-electron chi connectivity index (χ0n) is 11.0. The summed E-state index contributed by atoms with van der Waals surface area (Å²) in [6.45, 7) is 5.40. The van der Waals surface area contributed by atoms with Crippen molar-refractivity contribution in [2.45, 2.75) is 32.7 Å². The van der Waals surface area contributed by atoms with Crippen LogP contribution in [0.15, 0.2) is 35.3 Å². The Labute approximate surface area is 113 Å². The fraction of sp³-hybridized carbons (Fsp3) is 0.400. The Balaban J connectivity index is 2.16. The Morgan fingerprint density at radius 1 is 1.39 bits per heavy atom. The summed E-state index contributed by atoms with van der Waals surface area (Å²) in [5.41, 5.74) is 4.03. The molecular formula is C15H20N2S. The van der Waals surface area contributed by atoms with Gasteiger partial charge in [0.25, 0.3) is 0 Å². The van der Waals surface area contributed by atoms with Crippen molar-refractivity contribution in [3.8, 4) is 0 Å². The molecule has 0 aliphatic carbocycles. The van der Waals surface area contributed by atoms with Crippen LogP contribution in [0.4, 0.5) is 0 Å².